The summed E-state index contributed by atoms with van der Waals surface area (Å²) in [5.41, 5.74) is 3.08. The molecule has 0 bridgehead atoms. The van der Waals surface area contributed by atoms with Gasteiger partial charge in [-0.05, 0) is 61.9 Å². The minimum atomic E-state index is -3.82. The Hall–Kier alpha value is -2.51. The number of benzene rings is 2. The first-order chi connectivity index (χ1) is 14.3. The summed E-state index contributed by atoms with van der Waals surface area (Å²) in [5, 5.41) is 0.532. The van der Waals surface area contributed by atoms with Gasteiger partial charge in [-0.3, -0.25) is 4.98 Å². The molecule has 0 saturated carbocycles. The second kappa shape index (κ2) is 7.96. The van der Waals surface area contributed by atoms with Gasteiger partial charge in [0.25, 0.3) is 0 Å². The number of halogens is 1. The van der Waals surface area contributed by atoms with Gasteiger partial charge in [-0.2, -0.15) is 0 Å². The monoisotopic (exact) mass is 427 g/mol. The molecule has 158 valence electrons. The Morgan fingerprint density at radius 2 is 1.73 bits per heavy atom. The third kappa shape index (κ3) is 3.68. The molecule has 2 aromatic carbocycles. The van der Waals surface area contributed by atoms with Gasteiger partial charge in [0.2, 0.25) is 9.84 Å². The maximum Gasteiger partial charge on any atom is 0.210 e. The molecule has 7 heteroatoms. The molecule has 0 aliphatic carbocycles. The van der Waals surface area contributed by atoms with Crippen LogP contribution < -0.4 is 4.90 Å². The van der Waals surface area contributed by atoms with E-state index < -0.39 is 15.7 Å². The summed E-state index contributed by atoms with van der Waals surface area (Å²) >= 11 is 0. The fourth-order valence-electron chi connectivity index (χ4n) is 3.95. The molecular formula is C23H26FN3O2S. The highest BCUT2D eigenvalue weighted by molar-refractivity contribution is 7.91. The normalized spacial score (nSPS) is 15.7. The second-order valence-electron chi connectivity index (χ2n) is 7.80. The van der Waals surface area contributed by atoms with Crippen LogP contribution in [0.2, 0.25) is 0 Å². The van der Waals surface area contributed by atoms with Crippen LogP contribution in [0.1, 0.15) is 18.1 Å². The van der Waals surface area contributed by atoms with Crippen molar-refractivity contribution in [1.82, 2.24) is 9.88 Å². The lowest BCUT2D eigenvalue weighted by molar-refractivity contribution is 0.271. The average Bonchev–Trinajstić information content (AvgIpc) is 2.74. The fourth-order valence-corrected chi connectivity index (χ4v) is 5.47. The van der Waals surface area contributed by atoms with Crippen molar-refractivity contribution in [2.75, 3.05) is 37.6 Å². The quantitative estimate of drug-likeness (QED) is 0.631. The SMILES string of the molecule is CCN1CCN(c2c(S(=O)(=O)c3ccc(C)c(C)c3)cnc3ccc(F)cc23)CC1. The van der Waals surface area contributed by atoms with E-state index in [9.17, 15) is 12.8 Å². The first-order valence-corrected chi connectivity index (χ1v) is 11.7. The van der Waals surface area contributed by atoms with Crippen LogP contribution in [0.4, 0.5) is 10.1 Å². The largest absolute Gasteiger partial charge is 0.367 e. The number of anilines is 1. The van der Waals surface area contributed by atoms with Gasteiger partial charge in [0.15, 0.2) is 0 Å². The molecule has 0 radical (unpaired) electrons. The molecule has 1 aliphatic rings. The van der Waals surface area contributed by atoms with Crippen LogP contribution in [0.25, 0.3) is 10.9 Å². The van der Waals surface area contributed by atoms with E-state index in [0.717, 1.165) is 30.8 Å². The number of aromatic nitrogens is 1. The molecule has 0 atom stereocenters. The van der Waals surface area contributed by atoms with Gasteiger partial charge in [0.1, 0.15) is 10.7 Å². The highest BCUT2D eigenvalue weighted by Crippen LogP contribution is 2.37. The number of aryl methyl sites for hydroxylation is 2. The third-order valence-corrected chi connectivity index (χ3v) is 7.73. The van der Waals surface area contributed by atoms with E-state index in [-0.39, 0.29) is 9.79 Å². The maximum atomic E-state index is 14.1. The minimum Gasteiger partial charge on any atom is -0.367 e. The van der Waals surface area contributed by atoms with E-state index in [1.54, 1.807) is 18.2 Å². The summed E-state index contributed by atoms with van der Waals surface area (Å²) < 4.78 is 41.4. The van der Waals surface area contributed by atoms with Crippen molar-refractivity contribution in [3.05, 3.63) is 59.5 Å². The number of hydrogen-bond acceptors (Lipinski definition) is 5. The van der Waals surface area contributed by atoms with Crippen LogP contribution in [0.3, 0.4) is 0 Å². The summed E-state index contributed by atoms with van der Waals surface area (Å²) in [7, 11) is -3.82. The lowest BCUT2D eigenvalue weighted by Gasteiger charge is -2.36. The number of sulfone groups is 1. The zero-order chi connectivity index (χ0) is 21.5. The Morgan fingerprint density at radius 1 is 1.00 bits per heavy atom. The topological polar surface area (TPSA) is 53.5 Å². The summed E-state index contributed by atoms with van der Waals surface area (Å²) in [6.07, 6.45) is 1.42. The third-order valence-electron chi connectivity index (χ3n) is 5.98. The Morgan fingerprint density at radius 3 is 2.40 bits per heavy atom. The first kappa shape index (κ1) is 20.8. The Balaban J connectivity index is 1.92. The van der Waals surface area contributed by atoms with Crippen molar-refractivity contribution in [2.24, 2.45) is 0 Å². The van der Waals surface area contributed by atoms with Gasteiger partial charge in [0.05, 0.1) is 16.1 Å². The predicted molar refractivity (Wildman–Crippen MR) is 117 cm³/mol. The molecule has 2 heterocycles. The van der Waals surface area contributed by atoms with Crippen LogP contribution >= 0.6 is 0 Å². The van der Waals surface area contributed by atoms with Gasteiger partial charge in [-0.25, -0.2) is 12.8 Å². The summed E-state index contributed by atoms with van der Waals surface area (Å²) in [4.78, 5) is 9.10. The lowest BCUT2D eigenvalue weighted by atomic mass is 10.1. The molecule has 1 fully saturated rings. The molecule has 4 rings (SSSR count). The highest BCUT2D eigenvalue weighted by atomic mass is 32.2. The van der Waals surface area contributed by atoms with E-state index >= 15 is 0 Å². The second-order valence-corrected chi connectivity index (χ2v) is 9.72. The average molecular weight is 428 g/mol. The number of likely N-dealkylation sites (N-methyl/N-ethyl adjacent to an activating group) is 1. The Kier molecular flexibility index (Phi) is 5.51. The number of nitrogens with zero attached hydrogens (tertiary/aromatic N) is 3. The van der Waals surface area contributed by atoms with E-state index in [2.05, 4.69) is 21.7 Å². The van der Waals surface area contributed by atoms with Crippen LogP contribution in [0, 0.1) is 19.7 Å². The maximum absolute atomic E-state index is 14.1. The molecule has 0 unspecified atom stereocenters. The van der Waals surface area contributed by atoms with Gasteiger partial charge in [0, 0.05) is 37.8 Å². The van der Waals surface area contributed by atoms with Crippen LogP contribution in [-0.2, 0) is 9.84 Å². The zero-order valence-corrected chi connectivity index (χ0v) is 18.3. The first-order valence-electron chi connectivity index (χ1n) is 10.2. The van der Waals surface area contributed by atoms with Gasteiger partial charge in [-0.15, -0.1) is 0 Å². The van der Waals surface area contributed by atoms with Crippen LogP contribution in [-0.4, -0.2) is 51.0 Å². The smallest absolute Gasteiger partial charge is 0.210 e. The number of pyridine rings is 1. The zero-order valence-electron chi connectivity index (χ0n) is 17.5. The molecule has 5 nitrogen and oxygen atoms in total. The molecular weight excluding hydrogens is 401 g/mol. The van der Waals surface area contributed by atoms with Crippen molar-refractivity contribution in [3.63, 3.8) is 0 Å². The molecule has 1 saturated heterocycles. The van der Waals surface area contributed by atoms with Gasteiger partial charge < -0.3 is 9.80 Å². The minimum absolute atomic E-state index is 0.133. The summed E-state index contributed by atoms with van der Waals surface area (Å²) in [5.74, 6) is -0.404. The fraction of sp³-hybridized carbons (Fsp3) is 0.348. The molecule has 1 aliphatic heterocycles. The summed E-state index contributed by atoms with van der Waals surface area (Å²) in [6, 6.07) is 9.49. The molecule has 3 aromatic rings. The highest BCUT2D eigenvalue weighted by Gasteiger charge is 2.29. The molecule has 30 heavy (non-hydrogen) atoms. The van der Waals surface area contributed by atoms with Crippen LogP contribution in [0.5, 0.6) is 0 Å². The number of rotatable bonds is 4. The van der Waals surface area contributed by atoms with Crippen LogP contribution in [0.15, 0.2) is 52.4 Å². The Labute approximate surface area is 177 Å². The Bertz CT molecular complexity index is 1200. The van der Waals surface area contributed by atoms with Crippen molar-refractivity contribution >= 4 is 26.4 Å². The molecule has 0 amide bonds. The lowest BCUT2D eigenvalue weighted by Crippen LogP contribution is -2.46. The van der Waals surface area contributed by atoms with Crippen molar-refractivity contribution in [3.8, 4) is 0 Å². The van der Waals surface area contributed by atoms with Crippen molar-refractivity contribution in [2.45, 2.75) is 30.6 Å². The number of fused-ring (bicyclic) bond motifs is 1. The molecule has 0 N–H and O–H groups in total. The molecule has 1 aromatic heterocycles. The van der Waals surface area contributed by atoms with E-state index in [0.29, 0.717) is 29.7 Å². The van der Waals surface area contributed by atoms with Crippen molar-refractivity contribution < 1.29 is 12.8 Å². The van der Waals surface area contributed by atoms with E-state index in [1.807, 2.05) is 19.9 Å². The number of piperazine rings is 1. The molecule has 0 spiro atoms. The van der Waals surface area contributed by atoms with E-state index in [1.165, 1.54) is 18.3 Å². The standard InChI is InChI=1S/C23H26FN3O2S/c1-4-26-9-11-27(12-10-26)23-20-14-18(24)6-8-21(20)25-15-22(23)30(28,29)19-7-5-16(2)17(3)13-19/h5-8,13-15H,4,9-12H2,1-3H3. The summed E-state index contributed by atoms with van der Waals surface area (Å²) in [6.45, 7) is 9.93. The predicted octanol–water partition coefficient (Wildman–Crippen LogP) is 3.97. The number of hydrogen-bond donors (Lipinski definition) is 0. The van der Waals surface area contributed by atoms with E-state index in [4.69, 9.17) is 0 Å². The van der Waals surface area contributed by atoms with Gasteiger partial charge in [-0.1, -0.05) is 13.0 Å². The van der Waals surface area contributed by atoms with Crippen molar-refractivity contribution in [1.29, 1.82) is 0 Å². The van der Waals surface area contributed by atoms with Gasteiger partial charge >= 0.3 is 0 Å².